The van der Waals surface area contributed by atoms with Crippen LogP contribution in [0, 0.1) is 0 Å². The fraction of sp³-hybridized carbons (Fsp3) is 0.412. The van der Waals surface area contributed by atoms with Gasteiger partial charge in [-0.05, 0) is 44.0 Å². The van der Waals surface area contributed by atoms with Crippen LogP contribution in [-0.4, -0.2) is 41.5 Å². The van der Waals surface area contributed by atoms with Crippen molar-refractivity contribution < 1.29 is 13.2 Å². The van der Waals surface area contributed by atoms with Gasteiger partial charge in [-0.15, -0.1) is 0 Å². The van der Waals surface area contributed by atoms with Gasteiger partial charge in [0, 0.05) is 31.2 Å². The zero-order valence-corrected chi connectivity index (χ0v) is 14.9. The Labute approximate surface area is 147 Å². The van der Waals surface area contributed by atoms with Crippen molar-refractivity contribution in [2.24, 2.45) is 0 Å². The summed E-state index contributed by atoms with van der Waals surface area (Å²) in [6, 6.07) is 7.66. The first kappa shape index (κ1) is 17.6. The van der Waals surface area contributed by atoms with Crippen LogP contribution in [0.5, 0.6) is 0 Å². The lowest BCUT2D eigenvalue weighted by Gasteiger charge is -2.26. The summed E-state index contributed by atoms with van der Waals surface area (Å²) in [5.74, 6) is -0.253. The van der Waals surface area contributed by atoms with Crippen LogP contribution in [0.25, 0.3) is 0 Å². The SMILES string of the molecule is C[C@@H](C(=O)Nc1cccc(S(=O)(=O)N2CCCCC2)c1)n1cccn1. The monoisotopic (exact) mass is 362 g/mol. The average molecular weight is 362 g/mol. The van der Waals surface area contributed by atoms with E-state index in [2.05, 4.69) is 10.4 Å². The molecule has 0 radical (unpaired) electrons. The highest BCUT2D eigenvalue weighted by molar-refractivity contribution is 7.89. The Morgan fingerprint density at radius 1 is 1.20 bits per heavy atom. The molecule has 0 aliphatic carbocycles. The second kappa shape index (κ2) is 7.37. The van der Waals surface area contributed by atoms with E-state index in [4.69, 9.17) is 0 Å². The minimum absolute atomic E-state index is 0.207. The predicted octanol–water partition coefficient (Wildman–Crippen LogP) is 2.26. The minimum Gasteiger partial charge on any atom is -0.324 e. The summed E-state index contributed by atoms with van der Waals surface area (Å²) in [7, 11) is -3.52. The number of carbonyl (C=O) groups is 1. The van der Waals surface area contributed by atoms with Crippen molar-refractivity contribution in [3.63, 3.8) is 0 Å². The van der Waals surface area contributed by atoms with Gasteiger partial charge in [0.15, 0.2) is 0 Å². The third-order valence-electron chi connectivity index (χ3n) is 4.36. The number of nitrogens with zero attached hydrogens (tertiary/aromatic N) is 3. The standard InChI is InChI=1S/C17H22N4O3S/c1-14(21-12-6-9-18-21)17(22)19-15-7-5-8-16(13-15)25(23,24)20-10-3-2-4-11-20/h5-9,12-14H,2-4,10-11H2,1H3,(H,19,22)/t14-/m0/s1. The van der Waals surface area contributed by atoms with Crippen molar-refractivity contribution in [1.82, 2.24) is 14.1 Å². The number of sulfonamides is 1. The Kier molecular flexibility index (Phi) is 5.19. The van der Waals surface area contributed by atoms with E-state index in [-0.39, 0.29) is 10.8 Å². The van der Waals surface area contributed by atoms with Gasteiger partial charge in [0.05, 0.1) is 4.90 Å². The maximum atomic E-state index is 12.7. The first-order chi connectivity index (χ1) is 12.0. The van der Waals surface area contributed by atoms with E-state index < -0.39 is 16.1 Å². The van der Waals surface area contributed by atoms with Crippen LogP contribution >= 0.6 is 0 Å². The van der Waals surface area contributed by atoms with Gasteiger partial charge in [-0.3, -0.25) is 9.48 Å². The Morgan fingerprint density at radius 3 is 2.64 bits per heavy atom. The number of amides is 1. The average Bonchev–Trinajstić information content (AvgIpc) is 3.16. The molecule has 1 aromatic heterocycles. The molecular weight excluding hydrogens is 340 g/mol. The molecule has 1 saturated heterocycles. The van der Waals surface area contributed by atoms with E-state index in [1.165, 1.54) is 10.4 Å². The molecule has 1 fully saturated rings. The lowest BCUT2D eigenvalue weighted by Crippen LogP contribution is -2.35. The molecule has 0 saturated carbocycles. The molecule has 1 N–H and O–H groups in total. The predicted molar refractivity (Wildman–Crippen MR) is 94.6 cm³/mol. The summed E-state index contributed by atoms with van der Waals surface area (Å²) in [6.07, 6.45) is 6.15. The van der Waals surface area contributed by atoms with Gasteiger partial charge < -0.3 is 5.32 Å². The van der Waals surface area contributed by atoms with E-state index in [0.717, 1.165) is 19.3 Å². The van der Waals surface area contributed by atoms with Crippen LogP contribution in [-0.2, 0) is 14.8 Å². The molecular formula is C17H22N4O3S. The van der Waals surface area contributed by atoms with E-state index in [9.17, 15) is 13.2 Å². The van der Waals surface area contributed by atoms with Crippen LogP contribution in [0.15, 0.2) is 47.6 Å². The molecule has 1 amide bonds. The molecule has 2 heterocycles. The quantitative estimate of drug-likeness (QED) is 0.884. The zero-order chi connectivity index (χ0) is 17.9. The molecule has 7 nitrogen and oxygen atoms in total. The molecule has 1 atom stereocenters. The first-order valence-electron chi connectivity index (χ1n) is 8.39. The molecule has 3 rings (SSSR count). The highest BCUT2D eigenvalue weighted by Gasteiger charge is 2.26. The van der Waals surface area contributed by atoms with Crippen molar-refractivity contribution in [3.05, 3.63) is 42.7 Å². The molecule has 2 aromatic rings. The number of hydrogen-bond acceptors (Lipinski definition) is 4. The molecule has 0 spiro atoms. The highest BCUT2D eigenvalue weighted by atomic mass is 32.2. The lowest BCUT2D eigenvalue weighted by molar-refractivity contribution is -0.119. The van der Waals surface area contributed by atoms with E-state index in [1.807, 2.05) is 0 Å². The largest absolute Gasteiger partial charge is 0.324 e. The lowest BCUT2D eigenvalue weighted by atomic mass is 10.2. The zero-order valence-electron chi connectivity index (χ0n) is 14.1. The van der Waals surface area contributed by atoms with Gasteiger partial charge in [0.1, 0.15) is 6.04 Å². The smallest absolute Gasteiger partial charge is 0.248 e. The number of aromatic nitrogens is 2. The van der Waals surface area contributed by atoms with Crippen LogP contribution in [0.4, 0.5) is 5.69 Å². The second-order valence-corrected chi connectivity index (χ2v) is 8.08. The fourth-order valence-corrected chi connectivity index (χ4v) is 4.43. The van der Waals surface area contributed by atoms with E-state index in [1.54, 1.807) is 48.3 Å². The summed E-state index contributed by atoms with van der Waals surface area (Å²) in [5, 5.41) is 6.81. The summed E-state index contributed by atoms with van der Waals surface area (Å²) in [6.45, 7) is 2.83. The van der Waals surface area contributed by atoms with Gasteiger partial charge in [-0.25, -0.2) is 8.42 Å². The Balaban J connectivity index is 1.76. The van der Waals surface area contributed by atoms with Crippen LogP contribution in [0.3, 0.4) is 0 Å². The van der Waals surface area contributed by atoms with Gasteiger partial charge in [-0.1, -0.05) is 12.5 Å². The topological polar surface area (TPSA) is 84.3 Å². The number of nitrogens with one attached hydrogen (secondary N) is 1. The van der Waals surface area contributed by atoms with E-state index >= 15 is 0 Å². The number of carbonyl (C=O) groups excluding carboxylic acids is 1. The van der Waals surface area contributed by atoms with Crippen molar-refractivity contribution in [1.29, 1.82) is 0 Å². The number of hydrogen-bond donors (Lipinski definition) is 1. The Hall–Kier alpha value is -2.19. The second-order valence-electron chi connectivity index (χ2n) is 6.14. The summed E-state index contributed by atoms with van der Waals surface area (Å²) >= 11 is 0. The van der Waals surface area contributed by atoms with Gasteiger partial charge in [0.2, 0.25) is 15.9 Å². The molecule has 1 aromatic carbocycles. The first-order valence-corrected chi connectivity index (χ1v) is 9.83. The van der Waals surface area contributed by atoms with Crippen LogP contribution < -0.4 is 5.32 Å². The molecule has 8 heteroatoms. The van der Waals surface area contributed by atoms with Gasteiger partial charge >= 0.3 is 0 Å². The molecule has 0 bridgehead atoms. The number of rotatable bonds is 5. The molecule has 25 heavy (non-hydrogen) atoms. The summed E-state index contributed by atoms with van der Waals surface area (Å²) < 4.78 is 28.6. The molecule has 1 aliphatic rings. The van der Waals surface area contributed by atoms with E-state index in [0.29, 0.717) is 18.8 Å². The maximum absolute atomic E-state index is 12.7. The van der Waals surface area contributed by atoms with Crippen molar-refractivity contribution in [2.75, 3.05) is 18.4 Å². The number of anilines is 1. The van der Waals surface area contributed by atoms with Crippen molar-refractivity contribution in [2.45, 2.75) is 37.1 Å². The number of benzene rings is 1. The Bertz CT molecular complexity index is 827. The molecule has 0 unspecified atom stereocenters. The normalized spacial score (nSPS) is 17.2. The summed E-state index contributed by atoms with van der Waals surface area (Å²) in [5.41, 5.74) is 0.460. The molecule has 1 aliphatic heterocycles. The third kappa shape index (κ3) is 3.91. The summed E-state index contributed by atoms with van der Waals surface area (Å²) in [4.78, 5) is 12.5. The Morgan fingerprint density at radius 2 is 1.96 bits per heavy atom. The van der Waals surface area contributed by atoms with Crippen molar-refractivity contribution >= 4 is 21.6 Å². The van der Waals surface area contributed by atoms with Gasteiger partial charge in [-0.2, -0.15) is 9.40 Å². The fourth-order valence-electron chi connectivity index (χ4n) is 2.87. The van der Waals surface area contributed by atoms with Crippen LogP contribution in [0.1, 0.15) is 32.2 Å². The van der Waals surface area contributed by atoms with Crippen molar-refractivity contribution in [3.8, 4) is 0 Å². The number of piperidine rings is 1. The maximum Gasteiger partial charge on any atom is 0.248 e. The third-order valence-corrected chi connectivity index (χ3v) is 6.25. The van der Waals surface area contributed by atoms with Crippen LogP contribution in [0.2, 0.25) is 0 Å². The minimum atomic E-state index is -3.52. The molecule has 134 valence electrons. The van der Waals surface area contributed by atoms with Gasteiger partial charge in [0.25, 0.3) is 0 Å². The highest BCUT2D eigenvalue weighted by Crippen LogP contribution is 2.23.